The van der Waals surface area contributed by atoms with E-state index >= 15 is 0 Å². The molecule has 2 aliphatic rings. The lowest BCUT2D eigenvalue weighted by atomic mass is 10.1. The van der Waals surface area contributed by atoms with Gasteiger partial charge in [-0.05, 0) is 66.5 Å². The lowest BCUT2D eigenvalue weighted by molar-refractivity contribution is 0.0633. The number of hydrogen-bond acceptors (Lipinski definition) is 4. The average molecular weight is 447 g/mol. The number of benzene rings is 2. The Morgan fingerprint density at radius 1 is 0.969 bits per heavy atom. The van der Waals surface area contributed by atoms with Gasteiger partial charge in [0.1, 0.15) is 12.4 Å². The first-order valence-electron chi connectivity index (χ1n) is 11.5. The van der Waals surface area contributed by atoms with Gasteiger partial charge < -0.3 is 9.64 Å². The zero-order valence-corrected chi connectivity index (χ0v) is 19.5. The van der Waals surface area contributed by atoms with Crippen molar-refractivity contribution >= 4 is 17.2 Å². The number of amides is 1. The molecular weight excluding hydrogens is 416 g/mol. The summed E-state index contributed by atoms with van der Waals surface area (Å²) >= 11 is 1.53. The fourth-order valence-electron chi connectivity index (χ4n) is 4.70. The van der Waals surface area contributed by atoms with E-state index in [0.717, 1.165) is 55.3 Å². The van der Waals surface area contributed by atoms with E-state index in [1.807, 2.05) is 11.0 Å². The summed E-state index contributed by atoms with van der Waals surface area (Å²) < 4.78 is 6.01. The quantitative estimate of drug-likeness (QED) is 0.529. The molecule has 0 bridgehead atoms. The van der Waals surface area contributed by atoms with Crippen molar-refractivity contribution in [1.29, 1.82) is 0 Å². The Balaban J connectivity index is 1.12. The summed E-state index contributed by atoms with van der Waals surface area (Å²) in [4.78, 5) is 18.2. The summed E-state index contributed by atoms with van der Waals surface area (Å²) in [6.45, 7) is 6.98. The maximum atomic E-state index is 13.0. The normalized spacial score (nSPS) is 16.2. The number of aryl methyl sites for hydroxylation is 3. The van der Waals surface area contributed by atoms with Crippen LogP contribution in [0.2, 0.25) is 0 Å². The van der Waals surface area contributed by atoms with Crippen LogP contribution in [-0.4, -0.2) is 41.9 Å². The van der Waals surface area contributed by atoms with Crippen LogP contribution in [0, 0.1) is 6.92 Å². The van der Waals surface area contributed by atoms with Crippen molar-refractivity contribution in [3.63, 3.8) is 0 Å². The largest absolute Gasteiger partial charge is 0.489 e. The fraction of sp³-hybridized carbons (Fsp3) is 0.370. The molecule has 0 saturated carbocycles. The lowest BCUT2D eigenvalue weighted by Crippen LogP contribution is -2.48. The summed E-state index contributed by atoms with van der Waals surface area (Å²) in [5.41, 5.74) is 6.59. The van der Waals surface area contributed by atoms with Crippen LogP contribution in [0.1, 0.15) is 43.9 Å². The van der Waals surface area contributed by atoms with Crippen molar-refractivity contribution in [2.45, 2.75) is 39.3 Å². The van der Waals surface area contributed by atoms with Crippen molar-refractivity contribution in [3.8, 4) is 5.75 Å². The molecule has 0 spiro atoms. The molecule has 0 unspecified atom stereocenters. The van der Waals surface area contributed by atoms with Crippen molar-refractivity contribution in [2.75, 3.05) is 26.2 Å². The number of carbonyl (C=O) groups is 1. The standard InChI is InChI=1S/C27H30N2O2S/c1-20-4-2-5-21(14-20)17-28-10-12-29(13-11-28)27(30)26-15-22(19-32-26)18-31-25-9-8-23-6-3-7-24(23)16-25/h2,4-5,8-9,14-16,19H,3,6-7,10-13,17-18H2,1H3. The van der Waals surface area contributed by atoms with Gasteiger partial charge in [-0.15, -0.1) is 11.3 Å². The Morgan fingerprint density at radius 2 is 1.81 bits per heavy atom. The third kappa shape index (κ3) is 4.89. The Labute approximate surface area is 194 Å². The van der Waals surface area contributed by atoms with Gasteiger partial charge in [0.15, 0.2) is 0 Å². The number of thiophene rings is 1. The highest BCUT2D eigenvalue weighted by Crippen LogP contribution is 2.27. The first kappa shape index (κ1) is 21.2. The zero-order valence-electron chi connectivity index (χ0n) is 18.7. The molecule has 3 aromatic rings. The Bertz CT molecular complexity index is 1100. The second-order valence-corrected chi connectivity index (χ2v) is 9.86. The summed E-state index contributed by atoms with van der Waals surface area (Å²) in [5, 5.41) is 2.05. The number of hydrogen-bond donors (Lipinski definition) is 0. The molecule has 32 heavy (non-hydrogen) atoms. The van der Waals surface area contributed by atoms with Crippen LogP contribution in [0.3, 0.4) is 0 Å². The molecule has 1 aromatic heterocycles. The SMILES string of the molecule is Cc1cccc(CN2CCN(C(=O)c3cc(COc4ccc5c(c4)CCC5)cs3)CC2)c1. The molecule has 5 heteroatoms. The number of ether oxygens (including phenoxy) is 1. The number of fused-ring (bicyclic) bond motifs is 1. The minimum absolute atomic E-state index is 0.147. The highest BCUT2D eigenvalue weighted by atomic mass is 32.1. The minimum atomic E-state index is 0.147. The molecule has 1 amide bonds. The molecule has 2 aromatic carbocycles. The van der Waals surface area contributed by atoms with Gasteiger partial charge >= 0.3 is 0 Å². The molecule has 0 radical (unpaired) electrons. The molecule has 5 rings (SSSR count). The molecule has 1 aliphatic heterocycles. The van der Waals surface area contributed by atoms with Crippen LogP contribution in [0.5, 0.6) is 5.75 Å². The molecule has 1 fully saturated rings. The van der Waals surface area contributed by atoms with Gasteiger partial charge in [-0.25, -0.2) is 0 Å². The smallest absolute Gasteiger partial charge is 0.264 e. The van der Waals surface area contributed by atoms with E-state index < -0.39 is 0 Å². The third-order valence-electron chi connectivity index (χ3n) is 6.49. The van der Waals surface area contributed by atoms with Gasteiger partial charge in [0.05, 0.1) is 4.88 Å². The molecule has 1 saturated heterocycles. The molecule has 4 nitrogen and oxygen atoms in total. The number of nitrogens with zero attached hydrogens (tertiary/aromatic N) is 2. The fourth-order valence-corrected chi connectivity index (χ4v) is 5.57. The molecular formula is C27H30N2O2S. The van der Waals surface area contributed by atoms with E-state index in [9.17, 15) is 4.79 Å². The van der Waals surface area contributed by atoms with Gasteiger partial charge in [-0.2, -0.15) is 0 Å². The van der Waals surface area contributed by atoms with Crippen LogP contribution >= 0.6 is 11.3 Å². The number of rotatable bonds is 6. The van der Waals surface area contributed by atoms with Gasteiger partial charge in [-0.3, -0.25) is 9.69 Å². The van der Waals surface area contributed by atoms with Gasteiger partial charge in [-0.1, -0.05) is 35.9 Å². The van der Waals surface area contributed by atoms with Crippen molar-refractivity contribution in [1.82, 2.24) is 9.80 Å². The van der Waals surface area contributed by atoms with Crippen LogP contribution < -0.4 is 4.74 Å². The van der Waals surface area contributed by atoms with Crippen LogP contribution in [0.4, 0.5) is 0 Å². The molecule has 0 N–H and O–H groups in total. The molecule has 1 aliphatic carbocycles. The van der Waals surface area contributed by atoms with Crippen LogP contribution in [0.15, 0.2) is 53.9 Å². The van der Waals surface area contributed by atoms with Gasteiger partial charge in [0.25, 0.3) is 5.91 Å². The second-order valence-electron chi connectivity index (χ2n) is 8.95. The summed E-state index contributed by atoms with van der Waals surface area (Å²) in [6.07, 6.45) is 3.59. The number of piperazine rings is 1. The summed E-state index contributed by atoms with van der Waals surface area (Å²) in [6, 6.07) is 17.1. The predicted octanol–water partition coefficient (Wildman–Crippen LogP) is 5.08. The van der Waals surface area contributed by atoms with E-state index in [2.05, 4.69) is 59.7 Å². The topological polar surface area (TPSA) is 32.8 Å². The highest BCUT2D eigenvalue weighted by Gasteiger charge is 2.23. The van der Waals surface area contributed by atoms with Crippen LogP contribution in [0.25, 0.3) is 0 Å². The second kappa shape index (κ2) is 9.47. The van der Waals surface area contributed by atoms with E-state index in [-0.39, 0.29) is 5.91 Å². The third-order valence-corrected chi connectivity index (χ3v) is 7.46. The molecule has 0 atom stereocenters. The summed E-state index contributed by atoms with van der Waals surface area (Å²) in [5.74, 6) is 1.07. The van der Waals surface area contributed by atoms with Gasteiger partial charge in [0.2, 0.25) is 0 Å². The van der Waals surface area contributed by atoms with Crippen molar-refractivity contribution in [2.24, 2.45) is 0 Å². The molecule has 166 valence electrons. The lowest BCUT2D eigenvalue weighted by Gasteiger charge is -2.34. The predicted molar refractivity (Wildman–Crippen MR) is 129 cm³/mol. The van der Waals surface area contributed by atoms with E-state index in [0.29, 0.717) is 6.61 Å². The van der Waals surface area contributed by atoms with Gasteiger partial charge in [0, 0.05) is 38.3 Å². The minimum Gasteiger partial charge on any atom is -0.489 e. The monoisotopic (exact) mass is 446 g/mol. The van der Waals surface area contributed by atoms with E-state index in [1.54, 1.807) is 0 Å². The van der Waals surface area contributed by atoms with E-state index in [1.165, 1.54) is 46.4 Å². The Hall–Kier alpha value is -2.63. The highest BCUT2D eigenvalue weighted by molar-refractivity contribution is 7.12. The zero-order chi connectivity index (χ0) is 21.9. The maximum Gasteiger partial charge on any atom is 0.264 e. The Morgan fingerprint density at radius 3 is 2.66 bits per heavy atom. The van der Waals surface area contributed by atoms with Crippen LogP contribution in [-0.2, 0) is 26.0 Å². The maximum absolute atomic E-state index is 13.0. The van der Waals surface area contributed by atoms with E-state index in [4.69, 9.17) is 4.74 Å². The first-order chi connectivity index (χ1) is 15.6. The number of carbonyl (C=O) groups excluding carboxylic acids is 1. The first-order valence-corrected chi connectivity index (χ1v) is 12.4. The average Bonchev–Trinajstić information content (AvgIpc) is 3.47. The Kier molecular flexibility index (Phi) is 6.28. The van der Waals surface area contributed by atoms with Crippen molar-refractivity contribution in [3.05, 3.63) is 86.6 Å². The van der Waals surface area contributed by atoms with Crippen molar-refractivity contribution < 1.29 is 9.53 Å². The molecule has 2 heterocycles. The summed E-state index contributed by atoms with van der Waals surface area (Å²) in [7, 11) is 0.